The number of ether oxygens (including phenoxy) is 4. The number of halogens is 1. The second-order valence-corrected chi connectivity index (χ2v) is 11.5. The molecule has 0 aliphatic carbocycles. The summed E-state index contributed by atoms with van der Waals surface area (Å²) >= 11 is 1.38. The number of hydrogen-bond donors (Lipinski definition) is 2. The van der Waals surface area contributed by atoms with Crippen LogP contribution in [0.3, 0.4) is 0 Å². The number of nitrogens with one attached hydrogen (secondary N) is 1. The van der Waals surface area contributed by atoms with E-state index >= 15 is 4.39 Å². The lowest BCUT2D eigenvalue weighted by Crippen LogP contribution is -2.28. The van der Waals surface area contributed by atoms with Crippen molar-refractivity contribution < 1.29 is 33.2 Å². The molecule has 0 aliphatic rings. The van der Waals surface area contributed by atoms with E-state index in [1.54, 1.807) is 39.1 Å². The van der Waals surface area contributed by atoms with Gasteiger partial charge in [-0.25, -0.2) is 29.1 Å². The summed E-state index contributed by atoms with van der Waals surface area (Å²) in [5.41, 5.74) is 2.93. The van der Waals surface area contributed by atoms with Gasteiger partial charge in [-0.2, -0.15) is 0 Å². The summed E-state index contributed by atoms with van der Waals surface area (Å²) in [5.74, 6) is 0.0695. The van der Waals surface area contributed by atoms with E-state index < -0.39 is 23.6 Å². The van der Waals surface area contributed by atoms with Gasteiger partial charge in [-0.15, -0.1) is 11.3 Å². The Morgan fingerprint density at radius 2 is 1.93 bits per heavy atom. The Morgan fingerprint density at radius 1 is 1.12 bits per heavy atom. The molecule has 5 aromatic rings. The van der Waals surface area contributed by atoms with Gasteiger partial charge >= 0.3 is 6.09 Å². The third kappa shape index (κ3) is 7.43. The maximum absolute atomic E-state index is 15.0. The summed E-state index contributed by atoms with van der Waals surface area (Å²) in [6.45, 7) is 6.72. The molecule has 3 heterocycles. The molecule has 11 nitrogen and oxygen atoms in total. The lowest BCUT2D eigenvalue weighted by Gasteiger charge is -2.17. The predicted molar refractivity (Wildman–Crippen MR) is 160 cm³/mol. The van der Waals surface area contributed by atoms with E-state index in [9.17, 15) is 9.90 Å². The first-order valence-electron chi connectivity index (χ1n) is 13.3. The summed E-state index contributed by atoms with van der Waals surface area (Å²) in [5, 5.41) is 13.1. The molecular formula is C30H30FN5O6S. The topological polar surface area (TPSA) is 138 Å². The number of thiazole rings is 1. The van der Waals surface area contributed by atoms with Crippen LogP contribution in [0, 0.1) is 12.7 Å². The summed E-state index contributed by atoms with van der Waals surface area (Å²) in [4.78, 5) is 30.0. The van der Waals surface area contributed by atoms with Crippen LogP contribution in [0.2, 0.25) is 0 Å². The van der Waals surface area contributed by atoms with E-state index in [1.807, 2.05) is 19.1 Å². The molecule has 0 saturated carbocycles. The van der Waals surface area contributed by atoms with Crippen molar-refractivity contribution in [3.8, 4) is 28.1 Å². The fourth-order valence-electron chi connectivity index (χ4n) is 4.06. The molecule has 2 N–H and O–H groups in total. The molecule has 0 fully saturated rings. The van der Waals surface area contributed by atoms with Gasteiger partial charge in [0, 0.05) is 30.0 Å². The van der Waals surface area contributed by atoms with Crippen molar-refractivity contribution in [2.45, 2.75) is 39.4 Å². The van der Waals surface area contributed by atoms with Crippen LogP contribution in [0.5, 0.6) is 17.5 Å². The van der Waals surface area contributed by atoms with Crippen LogP contribution in [0.25, 0.3) is 31.8 Å². The van der Waals surface area contributed by atoms with E-state index in [-0.39, 0.29) is 24.8 Å². The smallest absolute Gasteiger partial charge is 0.411 e. The first-order chi connectivity index (χ1) is 20.5. The molecule has 0 bridgehead atoms. The first kappa shape index (κ1) is 29.9. The second-order valence-electron chi connectivity index (χ2n) is 10.5. The average Bonchev–Trinajstić information content (AvgIpc) is 3.36. The van der Waals surface area contributed by atoms with Crippen LogP contribution < -0.4 is 19.5 Å². The number of methoxy groups -OCH3 is 1. The number of aryl methyl sites for hydroxylation is 1. The quantitative estimate of drug-likeness (QED) is 0.197. The lowest BCUT2D eigenvalue weighted by molar-refractivity contribution is 0.0268. The number of carbonyl (C=O) groups excluding carboxylic acids is 1. The van der Waals surface area contributed by atoms with Gasteiger partial charge in [0.2, 0.25) is 11.8 Å². The molecule has 43 heavy (non-hydrogen) atoms. The summed E-state index contributed by atoms with van der Waals surface area (Å²) in [7, 11) is 1.53. The molecule has 0 saturated heterocycles. The summed E-state index contributed by atoms with van der Waals surface area (Å²) in [6, 6.07) is 9.85. The van der Waals surface area contributed by atoms with Gasteiger partial charge in [-0.3, -0.25) is 5.32 Å². The zero-order valence-corrected chi connectivity index (χ0v) is 25.0. The molecule has 224 valence electrons. The Hall–Kier alpha value is -4.62. The Balaban J connectivity index is 1.24. The monoisotopic (exact) mass is 607 g/mol. The number of pyridine rings is 1. The van der Waals surface area contributed by atoms with Crippen LogP contribution in [0.1, 0.15) is 26.3 Å². The highest BCUT2D eigenvalue weighted by atomic mass is 32.1. The molecule has 5 rings (SSSR count). The molecule has 0 spiro atoms. The van der Waals surface area contributed by atoms with E-state index in [0.29, 0.717) is 37.8 Å². The van der Waals surface area contributed by atoms with Crippen LogP contribution in [-0.2, 0) is 4.74 Å². The minimum Gasteiger partial charge on any atom is -0.484 e. The van der Waals surface area contributed by atoms with Crippen LogP contribution in [-0.4, -0.2) is 63.2 Å². The van der Waals surface area contributed by atoms with E-state index in [2.05, 4.69) is 25.3 Å². The third-order valence-electron chi connectivity index (χ3n) is 5.98. The number of aromatic nitrogens is 4. The van der Waals surface area contributed by atoms with E-state index in [0.717, 1.165) is 11.1 Å². The average molecular weight is 608 g/mol. The lowest BCUT2D eigenvalue weighted by atomic mass is 10.1. The number of aliphatic hydroxyl groups is 1. The Bertz CT molecular complexity index is 1790. The van der Waals surface area contributed by atoms with E-state index in [4.69, 9.17) is 18.9 Å². The SMILES string of the molecule is COc1cnc2c(-c3nc4cc(F)c(OC(C)COC(=O)Nc5ccnc(OCC(C)(C)O)c5)cc4s3)cc(C)cc2n1. The van der Waals surface area contributed by atoms with Crippen LogP contribution >= 0.6 is 11.3 Å². The van der Waals surface area contributed by atoms with Gasteiger partial charge in [-0.05, 0) is 51.5 Å². The van der Waals surface area contributed by atoms with Crippen LogP contribution in [0.4, 0.5) is 14.9 Å². The molecule has 0 aliphatic heterocycles. The van der Waals surface area contributed by atoms with Crippen molar-refractivity contribution in [3.63, 3.8) is 0 Å². The molecule has 3 aromatic heterocycles. The number of fused-ring (bicyclic) bond motifs is 2. The fraction of sp³-hybridized carbons (Fsp3) is 0.300. The van der Waals surface area contributed by atoms with Gasteiger partial charge in [0.05, 0.1) is 45.8 Å². The van der Waals surface area contributed by atoms with Gasteiger partial charge in [-0.1, -0.05) is 0 Å². The van der Waals surface area contributed by atoms with Gasteiger partial charge < -0.3 is 24.1 Å². The standard InChI is InChI=1S/C30H30FN5O6S/c1-16-8-19(27-22(9-16)35-26(39-5)13-33-27)28-36-21-11-20(31)23(12-24(21)43-28)42-17(2)14-40-29(37)34-18-6-7-32-25(10-18)41-15-30(3,4)38/h6-13,17,38H,14-15H2,1-5H3,(H,32,34,37). The summed E-state index contributed by atoms with van der Waals surface area (Å²) in [6.07, 6.45) is 1.62. The Labute approximate surface area is 250 Å². The number of hydrogen-bond acceptors (Lipinski definition) is 11. The van der Waals surface area contributed by atoms with Crippen molar-refractivity contribution in [3.05, 3.63) is 60.2 Å². The molecule has 0 radical (unpaired) electrons. The molecule has 2 aromatic carbocycles. The van der Waals surface area contributed by atoms with E-state index in [1.165, 1.54) is 36.8 Å². The van der Waals surface area contributed by atoms with Crippen LogP contribution in [0.15, 0.2) is 48.8 Å². The normalized spacial score (nSPS) is 12.3. The fourth-order valence-corrected chi connectivity index (χ4v) is 5.05. The highest BCUT2D eigenvalue weighted by Gasteiger charge is 2.18. The van der Waals surface area contributed by atoms with Crippen molar-refractivity contribution in [1.29, 1.82) is 0 Å². The number of benzene rings is 2. The first-order valence-corrected chi connectivity index (χ1v) is 14.1. The second kappa shape index (κ2) is 12.3. The third-order valence-corrected chi connectivity index (χ3v) is 7.03. The maximum Gasteiger partial charge on any atom is 0.411 e. The minimum atomic E-state index is -1.04. The largest absolute Gasteiger partial charge is 0.484 e. The number of rotatable bonds is 10. The zero-order valence-electron chi connectivity index (χ0n) is 24.2. The minimum absolute atomic E-state index is 0.0144. The summed E-state index contributed by atoms with van der Waals surface area (Å²) < 4.78 is 37.4. The van der Waals surface area contributed by atoms with Gasteiger partial charge in [0.15, 0.2) is 11.6 Å². The Morgan fingerprint density at radius 3 is 2.70 bits per heavy atom. The molecule has 1 atom stereocenters. The predicted octanol–water partition coefficient (Wildman–Crippen LogP) is 5.92. The van der Waals surface area contributed by atoms with Crippen molar-refractivity contribution in [2.75, 3.05) is 25.6 Å². The molecule has 1 unspecified atom stereocenters. The highest BCUT2D eigenvalue weighted by Crippen LogP contribution is 2.37. The van der Waals surface area contributed by atoms with Crippen molar-refractivity contribution >= 4 is 44.4 Å². The Kier molecular flexibility index (Phi) is 8.55. The maximum atomic E-state index is 15.0. The van der Waals surface area contributed by atoms with Gasteiger partial charge in [0.25, 0.3) is 0 Å². The number of carbonyl (C=O) groups is 1. The number of nitrogens with zero attached hydrogens (tertiary/aromatic N) is 4. The highest BCUT2D eigenvalue weighted by molar-refractivity contribution is 7.21. The van der Waals surface area contributed by atoms with Crippen molar-refractivity contribution in [1.82, 2.24) is 19.9 Å². The number of amides is 1. The van der Waals surface area contributed by atoms with Gasteiger partial charge in [0.1, 0.15) is 24.3 Å². The zero-order chi connectivity index (χ0) is 30.7. The molecule has 1 amide bonds. The molecular weight excluding hydrogens is 577 g/mol. The van der Waals surface area contributed by atoms with Crippen molar-refractivity contribution in [2.24, 2.45) is 0 Å². The number of anilines is 1. The molecule has 13 heteroatoms.